The quantitative estimate of drug-likeness (QED) is 0.363. The van der Waals surface area contributed by atoms with Crippen LogP contribution in [0.1, 0.15) is 44.5 Å². The van der Waals surface area contributed by atoms with E-state index >= 15 is 0 Å². The Balaban J connectivity index is 1.70. The van der Waals surface area contributed by atoms with Gasteiger partial charge in [-0.05, 0) is 56.2 Å². The molecule has 10 heteroatoms. The lowest BCUT2D eigenvalue weighted by atomic mass is 9.97. The van der Waals surface area contributed by atoms with Crippen molar-refractivity contribution in [2.45, 2.75) is 39.4 Å². The number of carbonyl (C=O) groups excluding carboxylic acids is 2. The molecule has 36 heavy (non-hydrogen) atoms. The molecule has 0 radical (unpaired) electrons. The molecule has 4 N–H and O–H groups in total. The smallest absolute Gasteiger partial charge is 0.252 e. The van der Waals surface area contributed by atoms with Crippen LogP contribution in [0.15, 0.2) is 35.3 Å². The number of halogens is 1. The SMILES string of the molecule is Cc1cc(C)c(CN2CCN(C(CBr)c3c(C)c(C(N)=O)cc4cccn34)C(C(=O)CO)C2)c(=O)[nH]1. The lowest BCUT2D eigenvalue weighted by Crippen LogP contribution is -2.58. The van der Waals surface area contributed by atoms with Crippen LogP contribution in [0.2, 0.25) is 0 Å². The van der Waals surface area contributed by atoms with Crippen LogP contribution in [0, 0.1) is 20.8 Å². The van der Waals surface area contributed by atoms with E-state index in [0.29, 0.717) is 42.6 Å². The van der Waals surface area contributed by atoms with Crippen LogP contribution in [0.5, 0.6) is 0 Å². The van der Waals surface area contributed by atoms with Gasteiger partial charge in [-0.1, -0.05) is 15.9 Å². The number of ketones is 1. The number of amides is 1. The Bertz CT molecular complexity index is 1360. The third-order valence-corrected chi connectivity index (χ3v) is 7.77. The molecule has 0 aromatic carbocycles. The van der Waals surface area contributed by atoms with Gasteiger partial charge in [-0.3, -0.25) is 24.2 Å². The molecule has 2 unspecified atom stereocenters. The lowest BCUT2D eigenvalue weighted by molar-refractivity contribution is -0.131. The molecule has 3 aromatic rings. The van der Waals surface area contributed by atoms with E-state index < -0.39 is 18.6 Å². The summed E-state index contributed by atoms with van der Waals surface area (Å²) in [5, 5.41) is 10.3. The second kappa shape index (κ2) is 10.7. The van der Waals surface area contributed by atoms with Crippen LogP contribution in [-0.2, 0) is 11.3 Å². The van der Waals surface area contributed by atoms with Gasteiger partial charge < -0.3 is 20.2 Å². The molecule has 3 aromatic heterocycles. The number of nitrogens with zero attached hydrogens (tertiary/aromatic N) is 3. The largest absolute Gasteiger partial charge is 0.389 e. The topological polar surface area (TPSA) is 124 Å². The summed E-state index contributed by atoms with van der Waals surface area (Å²) in [4.78, 5) is 44.8. The van der Waals surface area contributed by atoms with Crippen molar-refractivity contribution in [2.75, 3.05) is 31.6 Å². The number of alkyl halides is 1. The first-order valence-electron chi connectivity index (χ1n) is 11.9. The van der Waals surface area contributed by atoms with Gasteiger partial charge >= 0.3 is 0 Å². The van der Waals surface area contributed by atoms with Crippen molar-refractivity contribution in [1.82, 2.24) is 19.2 Å². The average molecular weight is 558 g/mol. The van der Waals surface area contributed by atoms with Crippen LogP contribution >= 0.6 is 15.9 Å². The molecule has 192 valence electrons. The maximum atomic E-state index is 13.0. The molecule has 1 aliphatic heterocycles. The number of piperazine rings is 1. The van der Waals surface area contributed by atoms with Crippen LogP contribution in [0.4, 0.5) is 0 Å². The van der Waals surface area contributed by atoms with E-state index in [-0.39, 0.29) is 17.4 Å². The first-order chi connectivity index (χ1) is 17.2. The van der Waals surface area contributed by atoms with Gasteiger partial charge in [0.05, 0.1) is 12.1 Å². The van der Waals surface area contributed by atoms with Gasteiger partial charge in [0, 0.05) is 65.7 Å². The Hall–Kier alpha value is -2.79. The second-order valence-corrected chi connectivity index (χ2v) is 10.1. The van der Waals surface area contributed by atoms with Gasteiger partial charge in [0.15, 0.2) is 5.78 Å². The van der Waals surface area contributed by atoms with Crippen molar-refractivity contribution in [3.63, 3.8) is 0 Å². The number of pyridine rings is 2. The molecule has 4 heterocycles. The highest BCUT2D eigenvalue weighted by Gasteiger charge is 2.38. The number of aromatic nitrogens is 2. The van der Waals surface area contributed by atoms with Crippen molar-refractivity contribution in [1.29, 1.82) is 0 Å². The van der Waals surface area contributed by atoms with Gasteiger partial charge in [0.2, 0.25) is 5.91 Å². The van der Waals surface area contributed by atoms with Crippen molar-refractivity contribution < 1.29 is 14.7 Å². The first kappa shape index (κ1) is 26.3. The summed E-state index contributed by atoms with van der Waals surface area (Å²) in [6, 6.07) is 6.70. The number of H-pyrrole nitrogens is 1. The maximum absolute atomic E-state index is 13.0. The normalized spacial score (nSPS) is 18.0. The Morgan fingerprint density at radius 1 is 1.25 bits per heavy atom. The predicted molar refractivity (Wildman–Crippen MR) is 142 cm³/mol. The summed E-state index contributed by atoms with van der Waals surface area (Å²) < 4.78 is 2.02. The molecule has 1 aliphatic rings. The summed E-state index contributed by atoms with van der Waals surface area (Å²) in [6.07, 6.45) is 1.93. The maximum Gasteiger partial charge on any atom is 0.252 e. The monoisotopic (exact) mass is 557 g/mol. The van der Waals surface area contributed by atoms with Gasteiger partial charge in [-0.25, -0.2) is 0 Å². The molecule has 0 aliphatic carbocycles. The zero-order valence-electron chi connectivity index (χ0n) is 20.8. The third kappa shape index (κ3) is 4.90. The highest BCUT2D eigenvalue weighted by molar-refractivity contribution is 9.09. The minimum absolute atomic E-state index is 0.118. The van der Waals surface area contributed by atoms with Gasteiger partial charge in [0.1, 0.15) is 6.61 Å². The minimum Gasteiger partial charge on any atom is -0.389 e. The van der Waals surface area contributed by atoms with E-state index in [1.807, 2.05) is 49.6 Å². The van der Waals surface area contributed by atoms with Crippen molar-refractivity contribution >= 4 is 33.1 Å². The van der Waals surface area contributed by atoms with E-state index in [1.54, 1.807) is 6.07 Å². The molecule has 1 saturated heterocycles. The Morgan fingerprint density at radius 3 is 2.64 bits per heavy atom. The number of carbonyl (C=O) groups is 2. The van der Waals surface area contributed by atoms with Crippen LogP contribution in [0.25, 0.3) is 5.52 Å². The fraction of sp³-hybridized carbons (Fsp3) is 0.423. The highest BCUT2D eigenvalue weighted by Crippen LogP contribution is 2.33. The van der Waals surface area contributed by atoms with E-state index in [4.69, 9.17) is 5.73 Å². The molecule has 1 fully saturated rings. The number of aromatic amines is 1. The Kier molecular flexibility index (Phi) is 7.79. The highest BCUT2D eigenvalue weighted by atomic mass is 79.9. The van der Waals surface area contributed by atoms with Crippen molar-refractivity contribution in [2.24, 2.45) is 5.73 Å². The summed E-state index contributed by atoms with van der Waals surface area (Å²) in [5.74, 6) is -0.787. The third-order valence-electron chi connectivity index (χ3n) is 7.16. The summed E-state index contributed by atoms with van der Waals surface area (Å²) >= 11 is 3.65. The number of nitrogens with two attached hydrogens (primary N) is 1. The van der Waals surface area contributed by atoms with Crippen LogP contribution in [0.3, 0.4) is 0 Å². The number of hydrogen-bond acceptors (Lipinski definition) is 6. The molecule has 9 nitrogen and oxygen atoms in total. The fourth-order valence-electron chi connectivity index (χ4n) is 5.35. The number of nitrogens with one attached hydrogen (secondary N) is 1. The summed E-state index contributed by atoms with van der Waals surface area (Å²) in [6.45, 7) is 7.03. The zero-order valence-corrected chi connectivity index (χ0v) is 22.3. The number of aliphatic hydroxyl groups is 1. The minimum atomic E-state index is -0.585. The number of aryl methyl sites for hydroxylation is 2. The molecule has 0 saturated carbocycles. The fourth-order valence-corrected chi connectivity index (χ4v) is 6.03. The van der Waals surface area contributed by atoms with Crippen LogP contribution in [-0.4, -0.2) is 73.6 Å². The average Bonchev–Trinajstić information content (AvgIpc) is 3.31. The number of rotatable bonds is 8. The number of Topliss-reactive ketones (excluding diaryl/α,β-unsaturated/α-hetero) is 1. The Labute approximate surface area is 218 Å². The number of fused-ring (bicyclic) bond motifs is 1. The molecule has 0 spiro atoms. The second-order valence-electron chi connectivity index (χ2n) is 9.46. The number of hydrogen-bond donors (Lipinski definition) is 3. The molecule has 2 atom stereocenters. The Morgan fingerprint density at radius 2 is 2.00 bits per heavy atom. The first-order valence-corrected chi connectivity index (χ1v) is 13.1. The van der Waals surface area contributed by atoms with E-state index in [2.05, 4.69) is 30.7 Å². The summed E-state index contributed by atoms with van der Waals surface area (Å²) in [7, 11) is 0. The lowest BCUT2D eigenvalue weighted by Gasteiger charge is -2.44. The standard InChI is InChI=1S/C26H32BrN5O4/c1-15-9-16(2)29-26(36)20(15)12-30-7-8-32(22(13-30)23(34)14-33)21(11-27)24-17(3)19(25(28)35)10-18-5-4-6-31(18)24/h4-6,9-10,21-22,33H,7-8,11-14H2,1-3H3,(H2,28,35)(H,29,36). The van der Waals surface area contributed by atoms with Crippen LogP contribution < -0.4 is 11.3 Å². The number of primary amides is 1. The molecule has 1 amide bonds. The summed E-state index contributed by atoms with van der Waals surface area (Å²) in [5.41, 5.74) is 10.9. The van der Waals surface area contributed by atoms with Gasteiger partial charge in [-0.2, -0.15) is 0 Å². The molecular formula is C26H32BrN5O4. The molecule has 4 rings (SSSR count). The van der Waals surface area contributed by atoms with Crippen molar-refractivity contribution in [3.05, 3.63) is 74.5 Å². The van der Waals surface area contributed by atoms with E-state index in [0.717, 1.165) is 28.0 Å². The molecular weight excluding hydrogens is 526 g/mol. The molecule has 0 bridgehead atoms. The van der Waals surface area contributed by atoms with Gasteiger partial charge in [-0.15, -0.1) is 0 Å². The predicted octanol–water partition coefficient (Wildman–Crippen LogP) is 1.84. The van der Waals surface area contributed by atoms with Gasteiger partial charge in [0.25, 0.3) is 5.56 Å². The van der Waals surface area contributed by atoms with E-state index in [1.165, 1.54) is 0 Å². The zero-order chi connectivity index (χ0) is 26.1. The number of aliphatic hydroxyl groups excluding tert-OH is 1. The van der Waals surface area contributed by atoms with E-state index in [9.17, 15) is 19.5 Å². The van der Waals surface area contributed by atoms with Crippen molar-refractivity contribution in [3.8, 4) is 0 Å².